The van der Waals surface area contributed by atoms with Gasteiger partial charge in [0, 0.05) is 33.1 Å². The molecule has 3 aromatic rings. The Hall–Kier alpha value is -2.99. The molecule has 0 spiro atoms. The molecule has 1 unspecified atom stereocenters. The fourth-order valence-electron chi connectivity index (χ4n) is 3.98. The summed E-state index contributed by atoms with van der Waals surface area (Å²) in [6.45, 7) is 1.94. The number of rotatable bonds is 6. The number of carbonyl (C=O) groups excluding carboxylic acids is 1. The first-order valence-electron chi connectivity index (χ1n) is 9.92. The van der Waals surface area contributed by atoms with Gasteiger partial charge in [-0.2, -0.15) is 0 Å². The third-order valence-corrected chi connectivity index (χ3v) is 5.40. The Labute approximate surface area is 170 Å². The van der Waals surface area contributed by atoms with Crippen LogP contribution in [0, 0.1) is 5.82 Å². The van der Waals surface area contributed by atoms with Crippen molar-refractivity contribution in [2.45, 2.75) is 25.4 Å². The molecule has 0 saturated carbocycles. The van der Waals surface area contributed by atoms with E-state index in [4.69, 9.17) is 0 Å². The van der Waals surface area contributed by atoms with Crippen LogP contribution >= 0.6 is 0 Å². The van der Waals surface area contributed by atoms with Crippen LogP contribution in [0.3, 0.4) is 0 Å². The maximum Gasteiger partial charge on any atom is 0.243 e. The molecule has 0 radical (unpaired) electrons. The SMILES string of the molecule is Cn1cnc2c1C(C(=O)NCCc1cccc(F)c1)N(Cc1ccccc1)CC2. The Morgan fingerprint density at radius 3 is 2.76 bits per heavy atom. The summed E-state index contributed by atoms with van der Waals surface area (Å²) in [5, 5.41) is 3.05. The van der Waals surface area contributed by atoms with Gasteiger partial charge in [0.05, 0.1) is 17.7 Å². The van der Waals surface area contributed by atoms with Crippen molar-refractivity contribution in [3.63, 3.8) is 0 Å². The molecule has 4 rings (SSSR count). The van der Waals surface area contributed by atoms with E-state index in [-0.39, 0.29) is 17.8 Å². The zero-order valence-corrected chi connectivity index (χ0v) is 16.5. The number of carbonyl (C=O) groups is 1. The molecule has 29 heavy (non-hydrogen) atoms. The average Bonchev–Trinajstić information content (AvgIpc) is 3.09. The molecule has 1 aromatic heterocycles. The topological polar surface area (TPSA) is 50.2 Å². The first-order valence-corrected chi connectivity index (χ1v) is 9.92. The van der Waals surface area contributed by atoms with Gasteiger partial charge in [-0.05, 0) is 29.7 Å². The second-order valence-electron chi connectivity index (χ2n) is 7.47. The lowest BCUT2D eigenvalue weighted by molar-refractivity contribution is -0.127. The Morgan fingerprint density at radius 2 is 1.97 bits per heavy atom. The number of aryl methyl sites for hydroxylation is 1. The van der Waals surface area contributed by atoms with Gasteiger partial charge in [0.15, 0.2) is 0 Å². The van der Waals surface area contributed by atoms with Crippen LogP contribution in [0.1, 0.15) is 28.6 Å². The zero-order chi connectivity index (χ0) is 20.2. The number of aromatic nitrogens is 2. The third-order valence-electron chi connectivity index (χ3n) is 5.40. The minimum Gasteiger partial charge on any atom is -0.354 e. The summed E-state index contributed by atoms with van der Waals surface area (Å²) < 4.78 is 15.3. The first-order chi connectivity index (χ1) is 14.1. The highest BCUT2D eigenvalue weighted by molar-refractivity contribution is 5.83. The van der Waals surface area contributed by atoms with Gasteiger partial charge in [-0.15, -0.1) is 0 Å². The van der Waals surface area contributed by atoms with Gasteiger partial charge in [0.1, 0.15) is 11.9 Å². The Bertz CT molecular complexity index is 986. The smallest absolute Gasteiger partial charge is 0.243 e. The molecule has 1 aliphatic heterocycles. The Morgan fingerprint density at radius 1 is 1.17 bits per heavy atom. The second-order valence-corrected chi connectivity index (χ2v) is 7.47. The normalized spacial score (nSPS) is 16.4. The third kappa shape index (κ3) is 4.38. The molecule has 150 valence electrons. The summed E-state index contributed by atoms with van der Waals surface area (Å²) in [4.78, 5) is 19.9. The summed E-state index contributed by atoms with van der Waals surface area (Å²) >= 11 is 0. The highest BCUT2D eigenvalue weighted by Gasteiger charge is 2.35. The largest absolute Gasteiger partial charge is 0.354 e. The van der Waals surface area contributed by atoms with Gasteiger partial charge in [-0.1, -0.05) is 42.5 Å². The standard InChI is InChI=1S/C23H25FN4O/c1-27-16-26-20-11-13-28(15-18-6-3-2-4-7-18)22(21(20)27)23(29)25-12-10-17-8-5-9-19(24)14-17/h2-9,14,16,22H,10-13,15H2,1H3,(H,25,29). The van der Waals surface area contributed by atoms with E-state index in [1.807, 2.05) is 35.9 Å². The molecule has 0 aliphatic carbocycles. The van der Waals surface area contributed by atoms with E-state index in [9.17, 15) is 9.18 Å². The number of nitrogens with one attached hydrogen (secondary N) is 1. The number of fused-ring (bicyclic) bond motifs is 1. The predicted octanol–water partition coefficient (Wildman–Crippen LogP) is 3.02. The molecule has 6 heteroatoms. The predicted molar refractivity (Wildman–Crippen MR) is 110 cm³/mol. The summed E-state index contributed by atoms with van der Waals surface area (Å²) in [5.74, 6) is -0.295. The minimum absolute atomic E-state index is 0.0399. The summed E-state index contributed by atoms with van der Waals surface area (Å²) in [7, 11) is 1.94. The number of imidazole rings is 1. The van der Waals surface area contributed by atoms with E-state index in [0.29, 0.717) is 19.5 Å². The molecular formula is C23H25FN4O. The maximum absolute atomic E-state index is 13.4. The van der Waals surface area contributed by atoms with E-state index < -0.39 is 0 Å². The van der Waals surface area contributed by atoms with Crippen LogP contribution in [0.25, 0.3) is 0 Å². The molecular weight excluding hydrogens is 367 g/mol. The molecule has 1 N–H and O–H groups in total. The van der Waals surface area contributed by atoms with Crippen molar-refractivity contribution in [2.24, 2.45) is 7.05 Å². The van der Waals surface area contributed by atoms with E-state index in [2.05, 4.69) is 27.3 Å². The molecule has 5 nitrogen and oxygen atoms in total. The van der Waals surface area contributed by atoms with Gasteiger partial charge >= 0.3 is 0 Å². The number of nitrogens with zero attached hydrogens (tertiary/aromatic N) is 3. The van der Waals surface area contributed by atoms with Crippen LogP contribution in [0.4, 0.5) is 4.39 Å². The van der Waals surface area contributed by atoms with Crippen LogP contribution in [0.5, 0.6) is 0 Å². The van der Waals surface area contributed by atoms with Gasteiger partial charge in [-0.25, -0.2) is 9.37 Å². The number of benzene rings is 2. The van der Waals surface area contributed by atoms with E-state index in [1.54, 1.807) is 12.4 Å². The van der Waals surface area contributed by atoms with Gasteiger partial charge in [0.2, 0.25) is 5.91 Å². The minimum atomic E-state index is -0.390. The summed E-state index contributed by atoms with van der Waals surface area (Å²) in [6.07, 6.45) is 3.20. The fourth-order valence-corrected chi connectivity index (χ4v) is 3.98. The van der Waals surface area contributed by atoms with E-state index in [1.165, 1.54) is 17.7 Å². The second kappa shape index (κ2) is 8.57. The molecule has 1 atom stereocenters. The average molecular weight is 392 g/mol. The van der Waals surface area contributed by atoms with Gasteiger partial charge < -0.3 is 9.88 Å². The number of hydrogen-bond acceptors (Lipinski definition) is 3. The van der Waals surface area contributed by atoms with Crippen LogP contribution in [-0.2, 0) is 31.2 Å². The van der Waals surface area contributed by atoms with Crippen molar-refractivity contribution in [3.05, 3.63) is 89.3 Å². The molecule has 2 aromatic carbocycles. The van der Waals surface area contributed by atoms with Gasteiger partial charge in [-0.3, -0.25) is 9.69 Å². The monoisotopic (exact) mass is 392 g/mol. The quantitative estimate of drug-likeness (QED) is 0.702. The summed E-state index contributed by atoms with van der Waals surface area (Å²) in [5.41, 5.74) is 3.99. The van der Waals surface area contributed by atoms with E-state index in [0.717, 1.165) is 29.9 Å². The van der Waals surface area contributed by atoms with Crippen LogP contribution in [0.15, 0.2) is 60.9 Å². The summed E-state index contributed by atoms with van der Waals surface area (Å²) in [6, 6.07) is 16.3. The van der Waals surface area contributed by atoms with Crippen molar-refractivity contribution in [1.82, 2.24) is 19.8 Å². The van der Waals surface area contributed by atoms with Crippen molar-refractivity contribution >= 4 is 5.91 Å². The van der Waals surface area contributed by atoms with Crippen molar-refractivity contribution in [3.8, 4) is 0 Å². The van der Waals surface area contributed by atoms with Crippen LogP contribution in [0.2, 0.25) is 0 Å². The Kier molecular flexibility index (Phi) is 5.71. The lowest BCUT2D eigenvalue weighted by atomic mass is 10.00. The van der Waals surface area contributed by atoms with Crippen molar-refractivity contribution < 1.29 is 9.18 Å². The molecule has 1 amide bonds. The number of hydrogen-bond donors (Lipinski definition) is 1. The van der Waals surface area contributed by atoms with Crippen molar-refractivity contribution in [1.29, 1.82) is 0 Å². The van der Waals surface area contributed by atoms with Crippen LogP contribution in [-0.4, -0.2) is 33.4 Å². The molecule has 0 saturated heterocycles. The first kappa shape index (κ1) is 19.3. The lowest BCUT2D eigenvalue weighted by Crippen LogP contribution is -2.45. The lowest BCUT2D eigenvalue weighted by Gasteiger charge is -2.35. The van der Waals surface area contributed by atoms with Gasteiger partial charge in [0.25, 0.3) is 0 Å². The molecule has 2 heterocycles. The Balaban J connectivity index is 1.50. The zero-order valence-electron chi connectivity index (χ0n) is 16.5. The maximum atomic E-state index is 13.4. The molecule has 0 fully saturated rings. The highest BCUT2D eigenvalue weighted by Crippen LogP contribution is 2.30. The van der Waals surface area contributed by atoms with E-state index >= 15 is 0 Å². The highest BCUT2D eigenvalue weighted by atomic mass is 19.1. The van der Waals surface area contributed by atoms with Crippen molar-refractivity contribution in [2.75, 3.05) is 13.1 Å². The van der Waals surface area contributed by atoms with Crippen LogP contribution < -0.4 is 5.32 Å². The molecule has 0 bridgehead atoms. The fraction of sp³-hybridized carbons (Fsp3) is 0.304. The molecule has 1 aliphatic rings. The number of amides is 1. The number of halogens is 1.